The van der Waals surface area contributed by atoms with Gasteiger partial charge in [0, 0.05) is 30.2 Å². The van der Waals surface area contributed by atoms with Crippen molar-refractivity contribution in [2.24, 2.45) is 0 Å². The minimum absolute atomic E-state index is 0.0919. The summed E-state index contributed by atoms with van der Waals surface area (Å²) in [5.41, 5.74) is 0.184. The van der Waals surface area contributed by atoms with Crippen LogP contribution < -0.4 is 10.6 Å². The van der Waals surface area contributed by atoms with Crippen LogP contribution in [0.15, 0.2) is 0 Å². The Morgan fingerprint density at radius 2 is 1.71 bits per heavy atom. The van der Waals surface area contributed by atoms with Crippen molar-refractivity contribution in [3.05, 3.63) is 0 Å². The molecule has 0 unspecified atom stereocenters. The molecule has 2 fully saturated rings. The van der Waals surface area contributed by atoms with Crippen molar-refractivity contribution in [2.45, 2.75) is 64.1 Å². The van der Waals surface area contributed by atoms with Gasteiger partial charge in [-0.25, -0.2) is 4.79 Å². The van der Waals surface area contributed by atoms with Crippen LogP contribution in [0.2, 0.25) is 0 Å². The van der Waals surface area contributed by atoms with Gasteiger partial charge in [-0.1, -0.05) is 0 Å². The molecule has 0 saturated carbocycles. The molecule has 4 heteroatoms. The molecule has 0 aromatic rings. The molecule has 2 rings (SSSR count). The van der Waals surface area contributed by atoms with Gasteiger partial charge in [0.05, 0.1) is 0 Å². The quantitative estimate of drug-likeness (QED) is 0.731. The standard InChI is InChI=1S/C13H25N3O/c1-12(2)8-10(9-13(3,4)15-12)14-11(17)16-6-5-7-16/h10,15H,5-9H2,1-4H3,(H,14,17). The summed E-state index contributed by atoms with van der Waals surface area (Å²) in [5.74, 6) is 0. The van der Waals surface area contributed by atoms with Crippen LogP contribution in [-0.2, 0) is 0 Å². The first-order valence-corrected chi connectivity index (χ1v) is 6.62. The van der Waals surface area contributed by atoms with Gasteiger partial charge in [-0.2, -0.15) is 0 Å². The van der Waals surface area contributed by atoms with Crippen LogP contribution in [0.5, 0.6) is 0 Å². The topological polar surface area (TPSA) is 44.4 Å². The molecule has 0 aliphatic carbocycles. The lowest BCUT2D eigenvalue weighted by Gasteiger charge is -2.47. The zero-order valence-corrected chi connectivity index (χ0v) is 11.5. The third-order valence-corrected chi connectivity index (χ3v) is 3.66. The molecule has 2 N–H and O–H groups in total. The van der Waals surface area contributed by atoms with Gasteiger partial charge < -0.3 is 15.5 Å². The van der Waals surface area contributed by atoms with Gasteiger partial charge >= 0.3 is 6.03 Å². The minimum atomic E-state index is 0.0919. The lowest BCUT2D eigenvalue weighted by atomic mass is 9.79. The zero-order chi connectivity index (χ0) is 12.7. The lowest BCUT2D eigenvalue weighted by Crippen LogP contribution is -2.63. The highest BCUT2D eigenvalue weighted by molar-refractivity contribution is 5.75. The van der Waals surface area contributed by atoms with Crippen molar-refractivity contribution >= 4 is 6.03 Å². The third-order valence-electron chi connectivity index (χ3n) is 3.66. The number of piperidine rings is 1. The summed E-state index contributed by atoms with van der Waals surface area (Å²) in [7, 11) is 0. The SMILES string of the molecule is CC1(C)CC(NC(=O)N2CCC2)CC(C)(C)N1. The summed E-state index contributed by atoms with van der Waals surface area (Å²) in [6.45, 7) is 10.7. The molecule has 2 heterocycles. The van der Waals surface area contributed by atoms with E-state index in [2.05, 4.69) is 38.3 Å². The lowest BCUT2D eigenvalue weighted by molar-refractivity contribution is 0.129. The Morgan fingerprint density at radius 1 is 1.18 bits per heavy atom. The van der Waals surface area contributed by atoms with Gasteiger partial charge in [0.2, 0.25) is 0 Å². The number of carbonyl (C=O) groups is 1. The highest BCUT2D eigenvalue weighted by atomic mass is 16.2. The largest absolute Gasteiger partial charge is 0.335 e. The number of likely N-dealkylation sites (tertiary alicyclic amines) is 1. The van der Waals surface area contributed by atoms with E-state index in [1.807, 2.05) is 4.90 Å². The summed E-state index contributed by atoms with van der Waals surface area (Å²) < 4.78 is 0. The first-order chi connectivity index (χ1) is 7.77. The van der Waals surface area contributed by atoms with Gasteiger partial charge in [-0.3, -0.25) is 0 Å². The maximum Gasteiger partial charge on any atom is 0.317 e. The van der Waals surface area contributed by atoms with Gasteiger partial charge in [0.15, 0.2) is 0 Å². The second kappa shape index (κ2) is 4.16. The molecule has 17 heavy (non-hydrogen) atoms. The Kier molecular flexibility index (Phi) is 3.10. The van der Waals surface area contributed by atoms with E-state index in [-0.39, 0.29) is 23.2 Å². The number of hydrogen-bond donors (Lipinski definition) is 2. The molecule has 2 amide bonds. The number of nitrogens with one attached hydrogen (secondary N) is 2. The Balaban J connectivity index is 1.93. The molecule has 2 aliphatic heterocycles. The van der Waals surface area contributed by atoms with E-state index in [9.17, 15) is 4.79 Å². The van der Waals surface area contributed by atoms with Crippen LogP contribution in [-0.4, -0.2) is 41.1 Å². The maximum atomic E-state index is 11.9. The van der Waals surface area contributed by atoms with Gasteiger partial charge in [0.1, 0.15) is 0 Å². The number of rotatable bonds is 1. The number of nitrogens with zero attached hydrogens (tertiary/aromatic N) is 1. The van der Waals surface area contributed by atoms with Crippen LogP contribution in [0.3, 0.4) is 0 Å². The Bertz CT molecular complexity index is 292. The highest BCUT2D eigenvalue weighted by Gasteiger charge is 2.38. The van der Waals surface area contributed by atoms with E-state index in [0.29, 0.717) is 0 Å². The normalized spacial score (nSPS) is 27.4. The first-order valence-electron chi connectivity index (χ1n) is 6.62. The molecule has 0 spiro atoms. The van der Waals surface area contributed by atoms with E-state index >= 15 is 0 Å². The fourth-order valence-corrected chi connectivity index (χ4v) is 3.21. The minimum Gasteiger partial charge on any atom is -0.335 e. The third kappa shape index (κ3) is 3.12. The molecule has 4 nitrogen and oxygen atoms in total. The predicted molar refractivity (Wildman–Crippen MR) is 69.0 cm³/mol. The summed E-state index contributed by atoms with van der Waals surface area (Å²) in [6.07, 6.45) is 3.14. The molecule has 0 radical (unpaired) electrons. The molecule has 0 bridgehead atoms. The van der Waals surface area contributed by atoms with Gasteiger partial charge in [0.25, 0.3) is 0 Å². The highest BCUT2D eigenvalue weighted by Crippen LogP contribution is 2.28. The number of carbonyl (C=O) groups excluding carboxylic acids is 1. The second-order valence-electron chi connectivity index (χ2n) is 6.79. The van der Waals surface area contributed by atoms with Gasteiger partial charge in [-0.15, -0.1) is 0 Å². The Labute approximate surface area is 104 Å². The Morgan fingerprint density at radius 3 is 2.12 bits per heavy atom. The molecular formula is C13H25N3O. The van der Waals surface area contributed by atoms with Crippen molar-refractivity contribution in [3.63, 3.8) is 0 Å². The van der Waals surface area contributed by atoms with E-state index in [1.165, 1.54) is 0 Å². The van der Waals surface area contributed by atoms with Crippen molar-refractivity contribution in [3.8, 4) is 0 Å². The zero-order valence-electron chi connectivity index (χ0n) is 11.5. The number of amides is 2. The van der Waals surface area contributed by atoms with Gasteiger partial charge in [-0.05, 0) is 47.0 Å². The first kappa shape index (κ1) is 12.7. The molecule has 2 aliphatic rings. The maximum absolute atomic E-state index is 11.9. The molecule has 0 atom stereocenters. The molecular weight excluding hydrogens is 214 g/mol. The van der Waals surface area contributed by atoms with Crippen LogP contribution in [0.4, 0.5) is 4.79 Å². The van der Waals surface area contributed by atoms with E-state index in [1.54, 1.807) is 0 Å². The molecule has 2 saturated heterocycles. The predicted octanol–water partition coefficient (Wildman–Crippen LogP) is 1.71. The molecule has 0 aromatic carbocycles. The van der Waals surface area contributed by atoms with Crippen LogP contribution in [0.1, 0.15) is 47.0 Å². The monoisotopic (exact) mass is 239 g/mol. The van der Waals surface area contributed by atoms with Crippen molar-refractivity contribution in [1.82, 2.24) is 15.5 Å². The van der Waals surface area contributed by atoms with Crippen molar-refractivity contribution < 1.29 is 4.79 Å². The average Bonchev–Trinajstić information content (AvgIpc) is 1.91. The summed E-state index contributed by atoms with van der Waals surface area (Å²) >= 11 is 0. The van der Waals surface area contributed by atoms with Crippen LogP contribution in [0.25, 0.3) is 0 Å². The van der Waals surface area contributed by atoms with E-state index in [0.717, 1.165) is 32.4 Å². The van der Waals surface area contributed by atoms with E-state index in [4.69, 9.17) is 0 Å². The Hall–Kier alpha value is -0.770. The summed E-state index contributed by atoms with van der Waals surface area (Å²) in [5, 5.41) is 6.81. The van der Waals surface area contributed by atoms with E-state index < -0.39 is 0 Å². The second-order valence-corrected chi connectivity index (χ2v) is 6.79. The number of hydrogen-bond acceptors (Lipinski definition) is 2. The fourth-order valence-electron chi connectivity index (χ4n) is 3.21. The number of urea groups is 1. The average molecular weight is 239 g/mol. The summed E-state index contributed by atoms with van der Waals surface area (Å²) in [6, 6.07) is 0.407. The fraction of sp³-hybridized carbons (Fsp3) is 0.923. The summed E-state index contributed by atoms with van der Waals surface area (Å²) in [4.78, 5) is 13.8. The van der Waals surface area contributed by atoms with Crippen molar-refractivity contribution in [1.29, 1.82) is 0 Å². The van der Waals surface area contributed by atoms with Crippen LogP contribution >= 0.6 is 0 Å². The van der Waals surface area contributed by atoms with Crippen molar-refractivity contribution in [2.75, 3.05) is 13.1 Å². The molecule has 0 aromatic heterocycles. The molecule has 98 valence electrons. The van der Waals surface area contributed by atoms with Crippen LogP contribution in [0, 0.1) is 0 Å². The smallest absolute Gasteiger partial charge is 0.317 e.